The van der Waals surface area contributed by atoms with Crippen molar-refractivity contribution >= 4 is 17.6 Å². The number of hydrogen-bond acceptors (Lipinski definition) is 4. The first kappa shape index (κ1) is 13.4. The summed E-state index contributed by atoms with van der Waals surface area (Å²) in [5.74, 6) is -1.73. The van der Waals surface area contributed by atoms with Crippen LogP contribution in [0, 0.1) is 0 Å². The van der Waals surface area contributed by atoms with Crippen LogP contribution >= 0.6 is 0 Å². The van der Waals surface area contributed by atoms with E-state index in [-0.39, 0.29) is 23.3 Å². The second kappa shape index (κ2) is 5.71. The van der Waals surface area contributed by atoms with Crippen molar-refractivity contribution in [3.8, 4) is 5.75 Å². The van der Waals surface area contributed by atoms with Gasteiger partial charge in [-0.2, -0.15) is 0 Å². The van der Waals surface area contributed by atoms with Crippen molar-refractivity contribution in [1.29, 1.82) is 0 Å². The van der Waals surface area contributed by atoms with Crippen LogP contribution in [0.3, 0.4) is 0 Å². The molecule has 1 aromatic rings. The van der Waals surface area contributed by atoms with E-state index in [1.165, 1.54) is 18.2 Å². The Labute approximate surface area is 110 Å². The Hall–Kier alpha value is -2.08. The molecule has 19 heavy (non-hydrogen) atoms. The molecule has 0 aromatic heterocycles. The predicted molar refractivity (Wildman–Crippen MR) is 69.3 cm³/mol. The third kappa shape index (κ3) is 3.23. The smallest absolute Gasteiger partial charge is 0.339 e. The van der Waals surface area contributed by atoms with Gasteiger partial charge in [0.05, 0.1) is 6.04 Å². The number of aromatic hydroxyl groups is 1. The fourth-order valence-corrected chi connectivity index (χ4v) is 2.10. The summed E-state index contributed by atoms with van der Waals surface area (Å²) in [6.45, 7) is 0.821. The van der Waals surface area contributed by atoms with Gasteiger partial charge in [-0.25, -0.2) is 4.79 Å². The molecule has 1 aliphatic rings. The van der Waals surface area contributed by atoms with Crippen LogP contribution in [-0.2, 0) is 4.79 Å². The number of anilines is 1. The summed E-state index contributed by atoms with van der Waals surface area (Å²) in [7, 11) is 0. The van der Waals surface area contributed by atoms with E-state index in [1.54, 1.807) is 0 Å². The SMILES string of the molecule is O=C(O)c1ccc(NC(=O)[C@H]2CCCCN2)cc1O. The van der Waals surface area contributed by atoms with E-state index in [4.69, 9.17) is 5.11 Å². The van der Waals surface area contributed by atoms with Gasteiger partial charge in [-0.15, -0.1) is 0 Å². The minimum atomic E-state index is -1.20. The maximum atomic E-state index is 11.9. The molecule has 4 N–H and O–H groups in total. The molecular formula is C13H16N2O4. The van der Waals surface area contributed by atoms with Crippen LogP contribution < -0.4 is 10.6 Å². The Kier molecular flexibility index (Phi) is 4.01. The summed E-state index contributed by atoms with van der Waals surface area (Å²) in [6.07, 6.45) is 2.86. The summed E-state index contributed by atoms with van der Waals surface area (Å²) in [5.41, 5.74) is 0.202. The number of benzene rings is 1. The Balaban J connectivity index is 2.04. The first-order chi connectivity index (χ1) is 9.08. The number of amides is 1. The summed E-state index contributed by atoms with van der Waals surface area (Å²) in [6, 6.07) is 3.74. The molecule has 0 bridgehead atoms. The van der Waals surface area contributed by atoms with E-state index in [2.05, 4.69) is 10.6 Å². The Morgan fingerprint density at radius 1 is 1.32 bits per heavy atom. The molecule has 0 saturated carbocycles. The third-order valence-electron chi connectivity index (χ3n) is 3.12. The Bertz CT molecular complexity index is 495. The number of carboxylic acids is 1. The molecule has 6 heteroatoms. The van der Waals surface area contributed by atoms with Gasteiger partial charge in [-0.1, -0.05) is 6.42 Å². The second-order valence-electron chi connectivity index (χ2n) is 4.53. The van der Waals surface area contributed by atoms with E-state index in [0.29, 0.717) is 5.69 Å². The van der Waals surface area contributed by atoms with E-state index < -0.39 is 5.97 Å². The van der Waals surface area contributed by atoms with Crippen molar-refractivity contribution in [2.75, 3.05) is 11.9 Å². The molecule has 1 atom stereocenters. The summed E-state index contributed by atoms with van der Waals surface area (Å²) in [4.78, 5) is 22.7. The standard InChI is InChI=1S/C13H16N2O4/c16-11-7-8(4-5-9(11)13(18)19)15-12(17)10-3-1-2-6-14-10/h4-5,7,10,14,16H,1-3,6H2,(H,15,17)(H,18,19)/t10-/m1/s1. The van der Waals surface area contributed by atoms with Crippen molar-refractivity contribution in [1.82, 2.24) is 5.32 Å². The van der Waals surface area contributed by atoms with Crippen LogP contribution in [-0.4, -0.2) is 34.7 Å². The van der Waals surface area contributed by atoms with Crippen LogP contribution in [0.1, 0.15) is 29.6 Å². The molecule has 1 heterocycles. The van der Waals surface area contributed by atoms with Gasteiger partial charge in [0.15, 0.2) is 0 Å². The average Bonchev–Trinajstić information content (AvgIpc) is 2.39. The van der Waals surface area contributed by atoms with Crippen molar-refractivity contribution in [2.24, 2.45) is 0 Å². The summed E-state index contributed by atoms with van der Waals surface area (Å²) >= 11 is 0. The number of aromatic carboxylic acids is 1. The number of rotatable bonds is 3. The second-order valence-corrected chi connectivity index (χ2v) is 4.53. The quantitative estimate of drug-likeness (QED) is 0.657. The van der Waals surface area contributed by atoms with Gasteiger partial charge in [0.25, 0.3) is 0 Å². The van der Waals surface area contributed by atoms with E-state index >= 15 is 0 Å². The van der Waals surface area contributed by atoms with Crippen molar-refractivity contribution in [2.45, 2.75) is 25.3 Å². The molecular weight excluding hydrogens is 248 g/mol. The van der Waals surface area contributed by atoms with E-state index in [0.717, 1.165) is 25.8 Å². The zero-order valence-electron chi connectivity index (χ0n) is 10.3. The number of nitrogens with one attached hydrogen (secondary N) is 2. The van der Waals surface area contributed by atoms with Gasteiger partial charge in [0, 0.05) is 11.8 Å². The highest BCUT2D eigenvalue weighted by molar-refractivity contribution is 5.96. The minimum Gasteiger partial charge on any atom is -0.507 e. The topological polar surface area (TPSA) is 98.7 Å². The van der Waals surface area contributed by atoms with Crippen LogP contribution in [0.4, 0.5) is 5.69 Å². The molecule has 6 nitrogen and oxygen atoms in total. The molecule has 0 radical (unpaired) electrons. The Morgan fingerprint density at radius 2 is 2.11 bits per heavy atom. The van der Waals surface area contributed by atoms with Gasteiger partial charge in [0.1, 0.15) is 11.3 Å². The summed E-state index contributed by atoms with van der Waals surface area (Å²) < 4.78 is 0. The fourth-order valence-electron chi connectivity index (χ4n) is 2.10. The van der Waals surface area contributed by atoms with E-state index in [9.17, 15) is 14.7 Å². The van der Waals surface area contributed by atoms with Gasteiger partial charge >= 0.3 is 5.97 Å². The first-order valence-electron chi connectivity index (χ1n) is 6.18. The van der Waals surface area contributed by atoms with Crippen LogP contribution in [0.15, 0.2) is 18.2 Å². The normalized spacial score (nSPS) is 18.8. The lowest BCUT2D eigenvalue weighted by Crippen LogP contribution is -2.43. The van der Waals surface area contributed by atoms with Crippen LogP contribution in [0.25, 0.3) is 0 Å². The molecule has 1 aliphatic heterocycles. The summed E-state index contributed by atoms with van der Waals surface area (Å²) in [5, 5.41) is 24.1. The molecule has 1 fully saturated rings. The number of carbonyl (C=O) groups is 2. The lowest BCUT2D eigenvalue weighted by molar-refractivity contribution is -0.118. The highest BCUT2D eigenvalue weighted by Gasteiger charge is 2.20. The highest BCUT2D eigenvalue weighted by atomic mass is 16.4. The van der Waals surface area contributed by atoms with Gasteiger partial charge in [-0.05, 0) is 31.5 Å². The number of carboxylic acid groups (broad SMARTS) is 1. The molecule has 0 unspecified atom stereocenters. The Morgan fingerprint density at radius 3 is 2.68 bits per heavy atom. The lowest BCUT2D eigenvalue weighted by Gasteiger charge is -2.22. The molecule has 2 rings (SSSR count). The zero-order valence-corrected chi connectivity index (χ0v) is 10.3. The highest BCUT2D eigenvalue weighted by Crippen LogP contribution is 2.22. The lowest BCUT2D eigenvalue weighted by atomic mass is 10.0. The predicted octanol–water partition coefficient (Wildman–Crippen LogP) is 1.17. The average molecular weight is 264 g/mol. The number of carbonyl (C=O) groups excluding carboxylic acids is 1. The van der Waals surface area contributed by atoms with Crippen LogP contribution in [0.5, 0.6) is 5.75 Å². The molecule has 1 saturated heterocycles. The minimum absolute atomic E-state index is 0.165. The monoisotopic (exact) mass is 264 g/mol. The molecule has 0 aliphatic carbocycles. The molecule has 0 spiro atoms. The van der Waals surface area contributed by atoms with Crippen LogP contribution in [0.2, 0.25) is 0 Å². The fraction of sp³-hybridized carbons (Fsp3) is 0.385. The molecule has 102 valence electrons. The zero-order chi connectivity index (χ0) is 13.8. The largest absolute Gasteiger partial charge is 0.507 e. The first-order valence-corrected chi connectivity index (χ1v) is 6.18. The third-order valence-corrected chi connectivity index (χ3v) is 3.12. The molecule has 1 aromatic carbocycles. The van der Waals surface area contributed by atoms with E-state index in [1.807, 2.05) is 0 Å². The van der Waals surface area contributed by atoms with Crippen molar-refractivity contribution in [3.05, 3.63) is 23.8 Å². The number of phenols is 1. The van der Waals surface area contributed by atoms with Crippen molar-refractivity contribution < 1.29 is 19.8 Å². The maximum Gasteiger partial charge on any atom is 0.339 e. The number of piperidine rings is 1. The molecule has 1 amide bonds. The number of hydrogen-bond donors (Lipinski definition) is 4. The van der Waals surface area contributed by atoms with Gasteiger partial charge in [-0.3, -0.25) is 4.79 Å². The van der Waals surface area contributed by atoms with Gasteiger partial charge < -0.3 is 20.8 Å². The maximum absolute atomic E-state index is 11.9. The van der Waals surface area contributed by atoms with Crippen molar-refractivity contribution in [3.63, 3.8) is 0 Å². The van der Waals surface area contributed by atoms with Gasteiger partial charge in [0.2, 0.25) is 5.91 Å².